The van der Waals surface area contributed by atoms with E-state index in [1.165, 1.54) is 36.4 Å². The van der Waals surface area contributed by atoms with Crippen LogP contribution in [0.5, 0.6) is 0 Å². The molecule has 0 radical (unpaired) electrons. The summed E-state index contributed by atoms with van der Waals surface area (Å²) in [7, 11) is -4.24. The van der Waals surface area contributed by atoms with Crippen molar-refractivity contribution in [2.75, 3.05) is 17.6 Å². The van der Waals surface area contributed by atoms with Crippen molar-refractivity contribution in [3.05, 3.63) is 129 Å². The molecule has 264 valence electrons. The molecule has 3 N–H and O–H groups in total. The summed E-state index contributed by atoms with van der Waals surface area (Å²) >= 11 is 6.03. The molecule has 12 heteroatoms. The average Bonchev–Trinajstić information content (AvgIpc) is 3.02. The average molecular weight is 727 g/mol. The van der Waals surface area contributed by atoms with E-state index in [1.54, 1.807) is 37.3 Å². The lowest BCUT2D eigenvalue weighted by Crippen LogP contribution is -2.28. The van der Waals surface area contributed by atoms with E-state index < -0.39 is 45.3 Å². The number of nitrogens with one attached hydrogen (secondary N) is 2. The van der Waals surface area contributed by atoms with Crippen LogP contribution in [0.2, 0.25) is 5.02 Å². The van der Waals surface area contributed by atoms with E-state index in [9.17, 15) is 31.2 Å². The number of halogens is 4. The fourth-order valence-electron chi connectivity index (χ4n) is 5.22. The Hall–Kier alpha value is -4.45. The molecule has 0 saturated heterocycles. The first-order chi connectivity index (χ1) is 23.3. The molecule has 0 aliphatic rings. The van der Waals surface area contributed by atoms with Gasteiger partial charge in [0.05, 0.1) is 17.2 Å². The highest BCUT2D eigenvalue weighted by atomic mass is 35.5. The minimum absolute atomic E-state index is 0.0238. The predicted octanol–water partition coefficient (Wildman–Crippen LogP) is 8.98. The zero-order valence-electron chi connectivity index (χ0n) is 27.9. The number of amides is 2. The number of aryl methyl sites for hydroxylation is 1. The van der Waals surface area contributed by atoms with Gasteiger partial charge in [0.25, 0.3) is 16.0 Å². The molecule has 0 saturated carbocycles. The van der Waals surface area contributed by atoms with E-state index in [0.29, 0.717) is 27.3 Å². The molecule has 4 aromatic rings. The summed E-state index contributed by atoms with van der Waals surface area (Å²) in [6.45, 7) is 7.60. The highest BCUT2D eigenvalue weighted by Gasteiger charge is 2.35. The minimum atomic E-state index is -4.71. The molecule has 0 heterocycles. The number of allylic oxidation sites excluding steroid dienone is 1. The van der Waals surface area contributed by atoms with Crippen molar-refractivity contribution in [1.29, 1.82) is 0 Å². The summed E-state index contributed by atoms with van der Waals surface area (Å²) in [4.78, 5) is 26.3. The van der Waals surface area contributed by atoms with Gasteiger partial charge in [0, 0.05) is 22.8 Å². The number of rotatable bonds is 11. The van der Waals surface area contributed by atoms with Gasteiger partial charge in [-0.15, -0.1) is 0 Å². The molecule has 7 nitrogen and oxygen atoms in total. The van der Waals surface area contributed by atoms with Gasteiger partial charge in [-0.1, -0.05) is 93.1 Å². The molecule has 4 rings (SSSR count). The second-order valence-corrected chi connectivity index (χ2v) is 15.1. The Labute approximate surface area is 295 Å². The number of hydrogen-bond acceptors (Lipinski definition) is 4. The second kappa shape index (κ2) is 15.6. The van der Waals surface area contributed by atoms with Crippen LogP contribution in [0, 0.1) is 12.3 Å². The Bertz CT molecular complexity index is 1990. The zero-order chi connectivity index (χ0) is 36.9. The van der Waals surface area contributed by atoms with Gasteiger partial charge in [-0.05, 0) is 88.5 Å². The summed E-state index contributed by atoms with van der Waals surface area (Å²) in [5.74, 6) is -2.53. The molecule has 1 unspecified atom stereocenters. The van der Waals surface area contributed by atoms with E-state index in [-0.39, 0.29) is 35.2 Å². The highest BCUT2D eigenvalue weighted by molar-refractivity contribution is 7.85. The van der Waals surface area contributed by atoms with Crippen molar-refractivity contribution in [2.45, 2.75) is 46.2 Å². The summed E-state index contributed by atoms with van der Waals surface area (Å²) < 4.78 is 73.8. The number of carbonyl (C=O) groups is 2. The van der Waals surface area contributed by atoms with Crippen LogP contribution < -0.4 is 10.6 Å². The maximum Gasteiger partial charge on any atom is 0.417 e. The van der Waals surface area contributed by atoms with Crippen molar-refractivity contribution in [3.63, 3.8) is 0 Å². The van der Waals surface area contributed by atoms with Crippen LogP contribution in [0.25, 0.3) is 17.2 Å². The van der Waals surface area contributed by atoms with Crippen molar-refractivity contribution in [1.82, 2.24) is 5.32 Å². The SMILES string of the molecule is Cc1cc(Cl)ccc1-c1ccc(NC(=O)C(Cc2ccc(C(=O)NCCS(=O)(=O)O)cc2)c2ccc(C=CC(C)(C)C)cc2)cc1C(F)(F)F. The normalized spacial score (nSPS) is 12.9. The first kappa shape index (κ1) is 38.4. The van der Waals surface area contributed by atoms with Crippen LogP contribution >= 0.6 is 11.6 Å². The van der Waals surface area contributed by atoms with Crippen LogP contribution in [0.15, 0.2) is 91.0 Å². The van der Waals surface area contributed by atoms with E-state index in [1.807, 2.05) is 18.2 Å². The van der Waals surface area contributed by atoms with Crippen molar-refractivity contribution < 1.29 is 35.7 Å². The monoisotopic (exact) mass is 726 g/mol. The third-order valence-electron chi connectivity index (χ3n) is 7.80. The summed E-state index contributed by atoms with van der Waals surface area (Å²) in [5, 5.41) is 5.51. The number of carbonyl (C=O) groups excluding carboxylic acids is 2. The predicted molar refractivity (Wildman–Crippen MR) is 192 cm³/mol. The smallest absolute Gasteiger partial charge is 0.351 e. The number of hydrogen-bond donors (Lipinski definition) is 3. The van der Waals surface area contributed by atoms with E-state index in [0.717, 1.165) is 11.6 Å². The molecule has 0 aliphatic carbocycles. The zero-order valence-corrected chi connectivity index (χ0v) is 29.5. The molecule has 2 amide bonds. The molecular formula is C38H38ClF3N2O5S. The Morgan fingerprint density at radius 3 is 2.12 bits per heavy atom. The maximum absolute atomic E-state index is 14.3. The standard InChI is InChI=1S/C38H38ClF3N2O5S/c1-24-21-29(39)13-15-31(24)32-16-14-30(23-34(32)38(40,41)42)44-36(46)33(27-9-5-25(6-10-27)17-18-37(2,3)4)22-26-7-11-28(12-8-26)35(45)43-19-20-50(47,48)49/h5-18,21,23,33H,19-20,22H2,1-4H3,(H,43,45)(H,44,46)(H,47,48,49). The minimum Gasteiger partial charge on any atom is -0.351 e. The largest absolute Gasteiger partial charge is 0.417 e. The van der Waals surface area contributed by atoms with Gasteiger partial charge < -0.3 is 10.6 Å². The van der Waals surface area contributed by atoms with E-state index >= 15 is 0 Å². The Morgan fingerprint density at radius 1 is 0.900 bits per heavy atom. The van der Waals surface area contributed by atoms with Crippen LogP contribution in [0.4, 0.5) is 18.9 Å². The summed E-state index contributed by atoms with van der Waals surface area (Å²) in [6, 6.07) is 22.0. The van der Waals surface area contributed by atoms with Crippen LogP contribution in [-0.2, 0) is 27.5 Å². The fraction of sp³-hybridized carbons (Fsp3) is 0.263. The quantitative estimate of drug-likeness (QED) is 0.134. The first-order valence-corrected chi connectivity index (χ1v) is 17.7. The van der Waals surface area contributed by atoms with Crippen molar-refractivity contribution in [3.8, 4) is 11.1 Å². The molecule has 0 fully saturated rings. The molecule has 0 aliphatic heterocycles. The highest BCUT2D eigenvalue weighted by Crippen LogP contribution is 2.40. The van der Waals surface area contributed by atoms with E-state index in [4.69, 9.17) is 16.2 Å². The molecule has 0 spiro atoms. The third kappa shape index (κ3) is 11.0. The Morgan fingerprint density at radius 2 is 1.54 bits per heavy atom. The lowest BCUT2D eigenvalue weighted by atomic mass is 9.89. The molecule has 50 heavy (non-hydrogen) atoms. The molecule has 0 aromatic heterocycles. The van der Waals surface area contributed by atoms with Crippen molar-refractivity contribution >= 4 is 45.3 Å². The Balaban J connectivity index is 1.63. The molecule has 4 aromatic carbocycles. The van der Waals surface area contributed by atoms with Gasteiger partial charge in [-0.2, -0.15) is 21.6 Å². The van der Waals surface area contributed by atoms with Gasteiger partial charge in [0.1, 0.15) is 0 Å². The summed E-state index contributed by atoms with van der Waals surface area (Å²) in [5.41, 5.74) is 2.37. The van der Waals surface area contributed by atoms with Gasteiger partial charge >= 0.3 is 6.18 Å². The number of alkyl halides is 3. The van der Waals surface area contributed by atoms with Gasteiger partial charge in [0.2, 0.25) is 5.91 Å². The summed E-state index contributed by atoms with van der Waals surface area (Å²) in [6.07, 6.45) is -0.526. The topological polar surface area (TPSA) is 113 Å². The first-order valence-electron chi connectivity index (χ1n) is 15.7. The number of anilines is 1. The van der Waals surface area contributed by atoms with Gasteiger partial charge in [0.15, 0.2) is 0 Å². The third-order valence-corrected chi connectivity index (χ3v) is 8.76. The lowest BCUT2D eigenvalue weighted by molar-refractivity contribution is -0.137. The second-order valence-electron chi connectivity index (χ2n) is 13.1. The van der Waals surface area contributed by atoms with E-state index in [2.05, 4.69) is 37.5 Å². The molecule has 0 bridgehead atoms. The fourth-order valence-corrected chi connectivity index (χ4v) is 5.81. The van der Waals surface area contributed by atoms with Gasteiger partial charge in [-0.3, -0.25) is 14.1 Å². The van der Waals surface area contributed by atoms with Crippen LogP contribution in [-0.4, -0.2) is 37.1 Å². The Kier molecular flexibility index (Phi) is 12.0. The van der Waals surface area contributed by atoms with Crippen LogP contribution in [0.1, 0.15) is 64.9 Å². The lowest BCUT2D eigenvalue weighted by Gasteiger charge is -2.20. The molecule has 1 atom stereocenters. The maximum atomic E-state index is 14.3. The molecular weight excluding hydrogens is 689 g/mol. The van der Waals surface area contributed by atoms with Gasteiger partial charge in [-0.25, -0.2) is 0 Å². The van der Waals surface area contributed by atoms with Crippen LogP contribution in [0.3, 0.4) is 0 Å². The van der Waals surface area contributed by atoms with Crippen molar-refractivity contribution in [2.24, 2.45) is 5.41 Å². The number of benzene rings is 4.